The maximum atomic E-state index is 12.4. The first-order valence-electron chi connectivity index (χ1n) is 9.50. The van der Waals surface area contributed by atoms with Gasteiger partial charge in [0.1, 0.15) is 6.04 Å². The van der Waals surface area contributed by atoms with Crippen LogP contribution in [-0.2, 0) is 30.2 Å². The number of amides is 2. The van der Waals surface area contributed by atoms with Gasteiger partial charge in [-0.1, -0.05) is 0 Å². The van der Waals surface area contributed by atoms with Gasteiger partial charge in [-0.15, -0.1) is 0 Å². The summed E-state index contributed by atoms with van der Waals surface area (Å²) in [5.41, 5.74) is -0.186. The normalized spacial score (nSPS) is 15.2. The lowest BCUT2D eigenvalue weighted by atomic mass is 10.2. The van der Waals surface area contributed by atoms with E-state index in [4.69, 9.17) is 0 Å². The van der Waals surface area contributed by atoms with Crippen molar-refractivity contribution in [3.05, 3.63) is 27.2 Å². The van der Waals surface area contributed by atoms with E-state index in [-0.39, 0.29) is 18.2 Å². The Morgan fingerprint density at radius 3 is 2.54 bits per heavy atom. The number of hydrogen-bond acceptors (Lipinski definition) is 5. The molecule has 1 fully saturated rings. The molecule has 1 aliphatic rings. The molecule has 0 saturated carbocycles. The van der Waals surface area contributed by atoms with Crippen molar-refractivity contribution in [3.63, 3.8) is 0 Å². The lowest BCUT2D eigenvalue weighted by molar-refractivity contribution is -0.135. The average molecular weight is 390 g/mol. The van der Waals surface area contributed by atoms with E-state index in [0.717, 1.165) is 30.5 Å². The van der Waals surface area contributed by atoms with Crippen molar-refractivity contribution in [1.29, 1.82) is 0 Å². The highest BCUT2D eigenvalue weighted by molar-refractivity contribution is 5.87. The number of rotatable bonds is 6. The van der Waals surface area contributed by atoms with Crippen molar-refractivity contribution < 1.29 is 9.59 Å². The van der Waals surface area contributed by atoms with Crippen LogP contribution in [-0.4, -0.2) is 54.5 Å². The summed E-state index contributed by atoms with van der Waals surface area (Å²) >= 11 is 0. The second-order valence-electron chi connectivity index (χ2n) is 7.24. The summed E-state index contributed by atoms with van der Waals surface area (Å²) in [6.07, 6.45) is 4.23. The number of carbonyl (C=O) groups excluding carboxylic acids is 2. The lowest BCUT2D eigenvalue weighted by Gasteiger charge is -2.21. The van der Waals surface area contributed by atoms with Crippen LogP contribution in [0.4, 0.5) is 0 Å². The van der Waals surface area contributed by atoms with Crippen LogP contribution in [0.5, 0.6) is 0 Å². The first-order valence-corrected chi connectivity index (χ1v) is 9.50. The maximum absolute atomic E-state index is 12.4. The van der Waals surface area contributed by atoms with Crippen LogP contribution < -0.4 is 16.6 Å². The van der Waals surface area contributed by atoms with E-state index in [1.54, 1.807) is 23.4 Å². The van der Waals surface area contributed by atoms with Crippen molar-refractivity contribution in [3.8, 4) is 0 Å². The van der Waals surface area contributed by atoms with Crippen molar-refractivity contribution in [2.45, 2.75) is 45.2 Å². The second-order valence-corrected chi connectivity index (χ2v) is 7.24. The molecule has 10 heteroatoms. The van der Waals surface area contributed by atoms with Gasteiger partial charge in [-0.25, -0.2) is 9.78 Å². The summed E-state index contributed by atoms with van der Waals surface area (Å²) in [5.74, 6) is -0.249. The third-order valence-corrected chi connectivity index (χ3v) is 5.19. The fraction of sp³-hybridized carbons (Fsp3) is 0.611. The fourth-order valence-corrected chi connectivity index (χ4v) is 3.56. The predicted octanol–water partition coefficient (Wildman–Crippen LogP) is -0.659. The Morgan fingerprint density at radius 2 is 1.86 bits per heavy atom. The molecular weight excluding hydrogens is 364 g/mol. The Kier molecular flexibility index (Phi) is 5.66. The zero-order valence-electron chi connectivity index (χ0n) is 16.5. The van der Waals surface area contributed by atoms with E-state index in [9.17, 15) is 19.2 Å². The minimum Gasteiger partial charge on any atom is -0.345 e. The monoisotopic (exact) mass is 390 g/mol. The van der Waals surface area contributed by atoms with Gasteiger partial charge in [0.2, 0.25) is 11.8 Å². The fourth-order valence-electron chi connectivity index (χ4n) is 3.56. The molecule has 1 aliphatic heterocycles. The van der Waals surface area contributed by atoms with E-state index in [0.29, 0.717) is 24.1 Å². The molecule has 0 aromatic carbocycles. The summed E-state index contributed by atoms with van der Waals surface area (Å²) < 4.78 is 4.02. The highest BCUT2D eigenvalue weighted by Gasteiger charge is 2.24. The molecule has 2 amide bonds. The van der Waals surface area contributed by atoms with Crippen molar-refractivity contribution in [2.75, 3.05) is 13.1 Å². The van der Waals surface area contributed by atoms with E-state index in [1.165, 1.54) is 17.9 Å². The summed E-state index contributed by atoms with van der Waals surface area (Å²) in [4.78, 5) is 54.7. The summed E-state index contributed by atoms with van der Waals surface area (Å²) in [6, 6.07) is -0.540. The Hall–Kier alpha value is -2.91. The molecule has 28 heavy (non-hydrogen) atoms. The average Bonchev–Trinajstić information content (AvgIpc) is 3.34. The number of aryl methyl sites for hydroxylation is 2. The van der Waals surface area contributed by atoms with Crippen LogP contribution in [0.2, 0.25) is 0 Å². The van der Waals surface area contributed by atoms with Gasteiger partial charge in [-0.3, -0.25) is 23.5 Å². The number of hydrogen-bond donors (Lipinski definition) is 1. The largest absolute Gasteiger partial charge is 0.345 e. The Bertz CT molecular complexity index is 1010. The molecule has 152 valence electrons. The van der Waals surface area contributed by atoms with E-state index in [2.05, 4.69) is 10.3 Å². The standard InChI is InChI=1S/C18H26N6O4/c1-12(16(26)23-8-4-5-9-23)20-13(25)7-6-10-24-11-19-15-14(24)17(27)22(3)18(28)21(15)2/h11-12H,4-10H2,1-3H3,(H,20,25)/t12-/m0/s1. The first kappa shape index (κ1) is 19.8. The van der Waals surface area contributed by atoms with Gasteiger partial charge in [0.05, 0.1) is 6.33 Å². The molecule has 3 heterocycles. The number of imidazole rings is 1. The van der Waals surface area contributed by atoms with Gasteiger partial charge in [0, 0.05) is 40.2 Å². The minimum absolute atomic E-state index is 0.0455. The molecule has 2 aromatic heterocycles. The zero-order valence-corrected chi connectivity index (χ0v) is 16.5. The quantitative estimate of drug-likeness (QED) is 0.704. The molecule has 1 saturated heterocycles. The molecule has 10 nitrogen and oxygen atoms in total. The van der Waals surface area contributed by atoms with Gasteiger partial charge in [-0.2, -0.15) is 0 Å². The third kappa shape index (κ3) is 3.71. The van der Waals surface area contributed by atoms with Crippen LogP contribution in [0.25, 0.3) is 11.2 Å². The first-order chi connectivity index (χ1) is 13.3. The third-order valence-electron chi connectivity index (χ3n) is 5.19. The smallest absolute Gasteiger partial charge is 0.332 e. The summed E-state index contributed by atoms with van der Waals surface area (Å²) in [5, 5.41) is 2.74. The molecule has 0 aliphatic carbocycles. The molecule has 1 atom stereocenters. The zero-order chi connectivity index (χ0) is 20.4. The van der Waals surface area contributed by atoms with Crippen LogP contribution in [0, 0.1) is 0 Å². The van der Waals surface area contributed by atoms with E-state index < -0.39 is 17.3 Å². The van der Waals surface area contributed by atoms with Gasteiger partial charge in [0.15, 0.2) is 11.2 Å². The topological polar surface area (TPSA) is 111 Å². The minimum atomic E-state index is -0.540. The van der Waals surface area contributed by atoms with E-state index >= 15 is 0 Å². The van der Waals surface area contributed by atoms with Crippen LogP contribution in [0.3, 0.4) is 0 Å². The number of nitrogens with one attached hydrogen (secondary N) is 1. The molecule has 1 N–H and O–H groups in total. The molecule has 2 aromatic rings. The van der Waals surface area contributed by atoms with Crippen molar-refractivity contribution >= 4 is 23.0 Å². The number of fused-ring (bicyclic) bond motifs is 1. The highest BCUT2D eigenvalue weighted by Crippen LogP contribution is 2.10. The molecule has 0 spiro atoms. The molecule has 0 unspecified atom stereocenters. The maximum Gasteiger partial charge on any atom is 0.332 e. The molecule has 0 radical (unpaired) electrons. The number of nitrogens with zero attached hydrogens (tertiary/aromatic N) is 5. The predicted molar refractivity (Wildman–Crippen MR) is 103 cm³/mol. The van der Waals surface area contributed by atoms with Crippen molar-refractivity contribution in [2.24, 2.45) is 14.1 Å². The Morgan fingerprint density at radius 1 is 1.18 bits per heavy atom. The Labute approximate surface area is 161 Å². The van der Waals surface area contributed by atoms with Gasteiger partial charge < -0.3 is 14.8 Å². The van der Waals surface area contributed by atoms with Crippen LogP contribution in [0.1, 0.15) is 32.6 Å². The number of carbonyl (C=O) groups is 2. The molecule has 3 rings (SSSR count). The van der Waals surface area contributed by atoms with Crippen LogP contribution >= 0.6 is 0 Å². The molecule has 0 bridgehead atoms. The lowest BCUT2D eigenvalue weighted by Crippen LogP contribution is -2.45. The van der Waals surface area contributed by atoms with Crippen molar-refractivity contribution in [1.82, 2.24) is 28.9 Å². The van der Waals surface area contributed by atoms with Gasteiger partial charge in [0.25, 0.3) is 5.56 Å². The summed E-state index contributed by atoms with van der Waals surface area (Å²) in [6.45, 7) is 3.62. The van der Waals surface area contributed by atoms with Crippen LogP contribution in [0.15, 0.2) is 15.9 Å². The second kappa shape index (κ2) is 7.99. The highest BCUT2D eigenvalue weighted by atomic mass is 16.2. The van der Waals surface area contributed by atoms with Gasteiger partial charge in [-0.05, 0) is 26.2 Å². The SMILES string of the molecule is C[C@H](NC(=O)CCCn1cnc2c1c(=O)n(C)c(=O)n2C)C(=O)N1CCCC1. The van der Waals surface area contributed by atoms with Gasteiger partial charge >= 0.3 is 5.69 Å². The summed E-state index contributed by atoms with van der Waals surface area (Å²) in [7, 11) is 2.99. The van der Waals surface area contributed by atoms with E-state index in [1.807, 2.05) is 0 Å². The number of likely N-dealkylation sites (tertiary alicyclic amines) is 1. The molecular formula is C18H26N6O4. The Balaban J connectivity index is 1.59. The number of aromatic nitrogens is 4.